The molecule has 0 saturated carbocycles. The molecule has 0 bridgehead atoms. The summed E-state index contributed by atoms with van der Waals surface area (Å²) in [5, 5.41) is 18.2. The molecule has 1 aromatic heterocycles. The number of rotatable bonds is 8. The number of nitrogens with one attached hydrogen (secondary N) is 2. The topological polar surface area (TPSA) is 108 Å². The highest BCUT2D eigenvalue weighted by molar-refractivity contribution is 7.10. The summed E-state index contributed by atoms with van der Waals surface area (Å²) in [6.07, 6.45) is 0. The standard InChI is InChI=1S/C20H21N3O5S/c1-23(2)20(27)11-6-4-7-12(17(11)24)21-15-16(19(26)18(15)25)22-13(10-28-3)14-8-5-9-29-14/h4-9,13,21-22,24H,10H2,1-3H3. The third kappa shape index (κ3) is 4.01. The van der Waals surface area contributed by atoms with Gasteiger partial charge in [-0.2, -0.15) is 0 Å². The molecular weight excluding hydrogens is 394 g/mol. The summed E-state index contributed by atoms with van der Waals surface area (Å²) >= 11 is 1.50. The van der Waals surface area contributed by atoms with Gasteiger partial charge in [0.05, 0.1) is 23.9 Å². The number of carbonyl (C=O) groups excluding carboxylic acids is 1. The monoisotopic (exact) mass is 415 g/mol. The van der Waals surface area contributed by atoms with E-state index in [2.05, 4.69) is 10.6 Å². The molecular formula is C20H21N3O5S. The Morgan fingerprint density at radius 2 is 1.90 bits per heavy atom. The summed E-state index contributed by atoms with van der Waals surface area (Å²) in [4.78, 5) is 38.8. The summed E-state index contributed by atoms with van der Waals surface area (Å²) in [7, 11) is 4.69. The fraction of sp³-hybridized carbons (Fsp3) is 0.250. The zero-order chi connectivity index (χ0) is 21.1. The molecule has 1 unspecified atom stereocenters. The van der Waals surface area contributed by atoms with Crippen molar-refractivity contribution >= 4 is 34.3 Å². The van der Waals surface area contributed by atoms with E-state index in [1.807, 2.05) is 17.5 Å². The Hall–Kier alpha value is -3.17. The normalized spacial score (nSPS) is 12.0. The fourth-order valence-corrected chi connectivity index (χ4v) is 3.63. The Morgan fingerprint density at radius 3 is 2.52 bits per heavy atom. The number of carbonyl (C=O) groups is 1. The van der Waals surface area contributed by atoms with Crippen LogP contribution in [0, 0.1) is 0 Å². The van der Waals surface area contributed by atoms with E-state index in [1.54, 1.807) is 27.3 Å². The SMILES string of the molecule is COCC(Nc1c(Nc2cccc(C(=O)N(C)C)c2O)c(=O)c1=O)c1cccs1. The van der Waals surface area contributed by atoms with E-state index >= 15 is 0 Å². The van der Waals surface area contributed by atoms with E-state index in [4.69, 9.17) is 4.74 Å². The molecule has 29 heavy (non-hydrogen) atoms. The lowest BCUT2D eigenvalue weighted by Gasteiger charge is -2.22. The van der Waals surface area contributed by atoms with Crippen molar-refractivity contribution in [3.8, 4) is 5.75 Å². The van der Waals surface area contributed by atoms with Crippen molar-refractivity contribution in [2.45, 2.75) is 6.04 Å². The number of ether oxygens (including phenoxy) is 1. The maximum Gasteiger partial charge on any atom is 0.257 e. The number of thiophene rings is 1. The highest BCUT2D eigenvalue weighted by atomic mass is 32.1. The molecule has 0 aliphatic rings. The highest BCUT2D eigenvalue weighted by Crippen LogP contribution is 2.33. The average molecular weight is 415 g/mol. The molecule has 3 N–H and O–H groups in total. The fourth-order valence-electron chi connectivity index (χ4n) is 2.87. The summed E-state index contributed by atoms with van der Waals surface area (Å²) in [5.74, 6) is -0.677. The van der Waals surface area contributed by atoms with E-state index < -0.39 is 10.9 Å². The predicted octanol–water partition coefficient (Wildman–Crippen LogP) is 2.29. The molecule has 1 heterocycles. The van der Waals surface area contributed by atoms with Gasteiger partial charge in [0.2, 0.25) is 0 Å². The maximum atomic E-state index is 12.2. The number of hydrogen-bond acceptors (Lipinski definition) is 8. The molecule has 8 nitrogen and oxygen atoms in total. The van der Waals surface area contributed by atoms with Crippen LogP contribution in [0.3, 0.4) is 0 Å². The van der Waals surface area contributed by atoms with Crippen molar-refractivity contribution in [2.75, 3.05) is 38.4 Å². The van der Waals surface area contributed by atoms with Gasteiger partial charge in [-0.3, -0.25) is 14.4 Å². The molecule has 0 saturated heterocycles. The molecule has 0 radical (unpaired) electrons. The number of amides is 1. The van der Waals surface area contributed by atoms with E-state index in [0.29, 0.717) is 6.61 Å². The Labute approximate surface area is 171 Å². The second kappa shape index (κ2) is 8.46. The number of nitrogens with zero attached hydrogens (tertiary/aromatic N) is 1. The van der Waals surface area contributed by atoms with Gasteiger partial charge in [-0.15, -0.1) is 11.3 Å². The van der Waals surface area contributed by atoms with Crippen molar-refractivity contribution in [1.82, 2.24) is 4.90 Å². The quantitative estimate of drug-likeness (QED) is 0.383. The van der Waals surface area contributed by atoms with Crippen LogP contribution in [0.15, 0.2) is 45.3 Å². The van der Waals surface area contributed by atoms with Gasteiger partial charge in [0.1, 0.15) is 11.4 Å². The summed E-state index contributed by atoms with van der Waals surface area (Å²) in [6, 6.07) is 8.07. The molecule has 0 spiro atoms. The lowest BCUT2D eigenvalue weighted by atomic mass is 10.1. The van der Waals surface area contributed by atoms with Crippen molar-refractivity contribution in [3.05, 3.63) is 66.6 Å². The van der Waals surface area contributed by atoms with Crippen LogP contribution in [0.1, 0.15) is 21.3 Å². The van der Waals surface area contributed by atoms with Crippen LogP contribution >= 0.6 is 11.3 Å². The van der Waals surface area contributed by atoms with Crippen LogP contribution < -0.4 is 21.5 Å². The molecule has 0 aliphatic carbocycles. The average Bonchev–Trinajstić information content (AvgIpc) is 3.24. The summed E-state index contributed by atoms with van der Waals surface area (Å²) in [5.41, 5.74) is -0.938. The van der Waals surface area contributed by atoms with Crippen LogP contribution in [0.5, 0.6) is 5.75 Å². The second-order valence-electron chi connectivity index (χ2n) is 6.60. The van der Waals surface area contributed by atoms with E-state index in [1.165, 1.54) is 28.4 Å². The number of methoxy groups -OCH3 is 1. The predicted molar refractivity (Wildman–Crippen MR) is 113 cm³/mol. The molecule has 0 fully saturated rings. The lowest BCUT2D eigenvalue weighted by Crippen LogP contribution is -2.38. The largest absolute Gasteiger partial charge is 0.505 e. The van der Waals surface area contributed by atoms with Gasteiger partial charge in [-0.25, -0.2) is 0 Å². The number of hydrogen-bond donors (Lipinski definition) is 3. The van der Waals surface area contributed by atoms with Crippen LogP contribution in [0.2, 0.25) is 0 Å². The van der Waals surface area contributed by atoms with Crippen molar-refractivity contribution in [3.63, 3.8) is 0 Å². The molecule has 1 amide bonds. The molecule has 3 rings (SSSR count). The van der Waals surface area contributed by atoms with Crippen LogP contribution in [0.25, 0.3) is 0 Å². The number of phenols is 1. The molecule has 1 atom stereocenters. The molecule has 152 valence electrons. The first kappa shape index (κ1) is 20.6. The lowest BCUT2D eigenvalue weighted by molar-refractivity contribution is 0.0824. The third-order valence-corrected chi connectivity index (χ3v) is 5.37. The number of para-hydroxylation sites is 1. The Balaban J connectivity index is 1.90. The molecule has 9 heteroatoms. The number of phenolic OH excluding ortho intramolecular Hbond substituents is 1. The van der Waals surface area contributed by atoms with Crippen molar-refractivity contribution in [2.24, 2.45) is 0 Å². The van der Waals surface area contributed by atoms with E-state index in [0.717, 1.165) is 4.88 Å². The van der Waals surface area contributed by atoms with Gasteiger partial charge in [0, 0.05) is 26.1 Å². The number of benzene rings is 1. The molecule has 3 aromatic rings. The van der Waals surface area contributed by atoms with Gasteiger partial charge in [-0.05, 0) is 23.6 Å². The first-order valence-electron chi connectivity index (χ1n) is 8.78. The minimum Gasteiger partial charge on any atom is -0.505 e. The Morgan fingerprint density at radius 1 is 1.17 bits per heavy atom. The number of anilines is 3. The zero-order valence-corrected chi connectivity index (χ0v) is 17.0. The highest BCUT2D eigenvalue weighted by Gasteiger charge is 2.26. The minimum absolute atomic E-state index is 0.0393. The van der Waals surface area contributed by atoms with Gasteiger partial charge in [0.25, 0.3) is 16.8 Å². The van der Waals surface area contributed by atoms with Crippen LogP contribution in [-0.2, 0) is 4.74 Å². The number of aromatic hydroxyl groups is 1. The van der Waals surface area contributed by atoms with Gasteiger partial charge in [0.15, 0.2) is 5.75 Å². The Bertz CT molecular complexity index is 1080. The van der Waals surface area contributed by atoms with Gasteiger partial charge >= 0.3 is 0 Å². The minimum atomic E-state index is -0.696. The van der Waals surface area contributed by atoms with Crippen LogP contribution in [0.4, 0.5) is 17.1 Å². The third-order valence-electron chi connectivity index (χ3n) is 4.38. The first-order valence-corrected chi connectivity index (χ1v) is 9.66. The van der Waals surface area contributed by atoms with E-state index in [9.17, 15) is 19.5 Å². The Kier molecular flexibility index (Phi) is 6.00. The van der Waals surface area contributed by atoms with E-state index in [-0.39, 0.29) is 40.3 Å². The molecule has 0 aliphatic heterocycles. The molecule has 2 aromatic carbocycles. The van der Waals surface area contributed by atoms with Gasteiger partial charge < -0.3 is 25.4 Å². The first-order chi connectivity index (χ1) is 13.8. The second-order valence-corrected chi connectivity index (χ2v) is 7.58. The zero-order valence-electron chi connectivity index (χ0n) is 16.2. The summed E-state index contributed by atoms with van der Waals surface area (Å²) < 4.78 is 5.22. The van der Waals surface area contributed by atoms with Gasteiger partial charge in [-0.1, -0.05) is 12.1 Å². The van der Waals surface area contributed by atoms with Crippen molar-refractivity contribution < 1.29 is 14.6 Å². The van der Waals surface area contributed by atoms with Crippen molar-refractivity contribution in [1.29, 1.82) is 0 Å². The smallest absolute Gasteiger partial charge is 0.257 e. The maximum absolute atomic E-state index is 12.2. The van der Waals surface area contributed by atoms with Crippen LogP contribution in [-0.4, -0.2) is 43.7 Å². The summed E-state index contributed by atoms with van der Waals surface area (Å²) in [6.45, 7) is 0.302.